The lowest BCUT2D eigenvalue weighted by Gasteiger charge is -2.30. The molecule has 0 unspecified atom stereocenters. The van der Waals surface area contributed by atoms with Gasteiger partial charge in [0.1, 0.15) is 0 Å². The van der Waals surface area contributed by atoms with E-state index in [1.165, 1.54) is 0 Å². The first-order valence-electron chi connectivity index (χ1n) is 29.8. The molecule has 2 aliphatic rings. The molecule has 0 aromatic heterocycles. The fourth-order valence-electron chi connectivity index (χ4n) is 6.97. The maximum Gasteiger partial charge on any atom is 0.0725 e. The first kappa shape index (κ1) is 10.9. The molecule has 0 radical (unpaired) electrons. The standard InChI is InChI=1S/C49H30/c1-2-12-31(13-3-1)32-24-27-47-44(29-32)42-26-23-34(30-48(42)49(47)45-20-10-8-18-40(45)41-19-9-11-21-46(41)49)33-22-25-39-37-16-5-4-14-35(37)36-15-6-7-17-38(36)43(39)28-33/h1-30H/i1D,2D,3D,4D,5D,6D,7D,8D,9D,10D,11D,12D,13D,14D,15D,16D,17D,18D,19D,20D,21D,22D,23D,24D,25D,26D,27D,28D,29D,30D. The minimum absolute atomic E-state index is 0.504. The Bertz CT molecular complexity index is 4400. The summed E-state index contributed by atoms with van der Waals surface area (Å²) in [6.07, 6.45) is 0. The van der Waals surface area contributed by atoms with Gasteiger partial charge in [-0.15, -0.1) is 0 Å². The van der Waals surface area contributed by atoms with Crippen LogP contribution in [0.4, 0.5) is 0 Å². The Hall–Kier alpha value is -6.24. The van der Waals surface area contributed by atoms with E-state index >= 15 is 0 Å². The van der Waals surface area contributed by atoms with E-state index in [0.717, 1.165) is 0 Å². The molecule has 2 aliphatic carbocycles. The largest absolute Gasteiger partial charge is 0.0725 e. The van der Waals surface area contributed by atoms with Crippen LogP contribution >= 0.6 is 0 Å². The van der Waals surface area contributed by atoms with Gasteiger partial charge in [-0.2, -0.15) is 0 Å². The molecule has 0 heterocycles. The summed E-state index contributed by atoms with van der Waals surface area (Å²) in [6, 6.07) is -28.8. The van der Waals surface area contributed by atoms with Crippen LogP contribution < -0.4 is 0 Å². The lowest BCUT2D eigenvalue weighted by molar-refractivity contribution is 0.794. The third kappa shape index (κ3) is 3.53. The molecule has 9 aromatic rings. The number of benzene rings is 9. The Kier molecular flexibility index (Phi) is 2.20. The van der Waals surface area contributed by atoms with Crippen molar-refractivity contribution < 1.29 is 41.1 Å². The van der Waals surface area contributed by atoms with E-state index in [4.69, 9.17) is 23.3 Å². The van der Waals surface area contributed by atoms with Crippen molar-refractivity contribution in [1.29, 1.82) is 0 Å². The van der Waals surface area contributed by atoms with Crippen molar-refractivity contribution in [3.05, 3.63) is 204 Å². The maximum atomic E-state index is 10.4. The minimum atomic E-state index is -2.96. The summed E-state index contributed by atoms with van der Waals surface area (Å²) in [5.74, 6) is 0. The summed E-state index contributed by atoms with van der Waals surface area (Å²) in [5, 5.41) is -3.45. The summed E-state index contributed by atoms with van der Waals surface area (Å²) >= 11 is 0. The number of hydrogen-bond donors (Lipinski definition) is 0. The smallest absolute Gasteiger partial charge is 0.0622 e. The van der Waals surface area contributed by atoms with E-state index in [-0.39, 0.29) is 0 Å². The average Bonchev–Trinajstić information content (AvgIpc) is 2.67. The van der Waals surface area contributed by atoms with E-state index in [0.29, 0.717) is 0 Å². The second-order valence-electron chi connectivity index (χ2n) is 11.2. The Morgan fingerprint density at radius 3 is 1.39 bits per heavy atom. The Morgan fingerprint density at radius 1 is 0.265 bits per heavy atom. The normalized spacial score (nSPS) is 22.0. The monoisotopic (exact) mass is 648 g/mol. The SMILES string of the molecule is [2H]c1c([2H])c([2H])c(-c2c([2H])c([2H])c3c(c2[2H])-c2c([2H])c([2H])c(-c4c([2H])c([2H])c5c6c([2H])c([2H])c([2H])c([2H])c6c6c([2H])c([2H])c([2H])c([2H])c6c5c4[2H])c([2H])c2C32c3c([2H])c([2H])c([2H])c([2H])c3-c3c([2H])c([2H])c([2H])c([2H])c32)c([2H])c1[2H]. The van der Waals surface area contributed by atoms with Crippen molar-refractivity contribution in [2.75, 3.05) is 0 Å². The van der Waals surface area contributed by atoms with E-state index in [9.17, 15) is 17.8 Å². The molecule has 0 aliphatic heterocycles. The third-order valence-corrected chi connectivity index (χ3v) is 8.94. The summed E-state index contributed by atoms with van der Waals surface area (Å²) < 4.78 is 276. The van der Waals surface area contributed by atoms with Crippen molar-refractivity contribution >= 4 is 32.3 Å². The molecule has 0 nitrogen and oxygen atoms in total. The number of hydrogen-bond acceptors (Lipinski definition) is 0. The molecule has 0 N–H and O–H groups in total. The highest BCUT2D eigenvalue weighted by Gasteiger charge is 2.51. The minimum Gasteiger partial charge on any atom is -0.0622 e. The van der Waals surface area contributed by atoms with Crippen molar-refractivity contribution in [2.24, 2.45) is 0 Å². The highest BCUT2D eigenvalue weighted by Crippen LogP contribution is 2.63. The predicted octanol–water partition coefficient (Wildman–Crippen LogP) is 12.8. The summed E-state index contributed by atoms with van der Waals surface area (Å²) in [7, 11) is 0. The molecule has 0 amide bonds. The molecular formula is C49H30. The van der Waals surface area contributed by atoms with Crippen LogP contribution in [0.1, 0.15) is 63.4 Å². The first-order valence-corrected chi connectivity index (χ1v) is 14.8. The van der Waals surface area contributed by atoms with Gasteiger partial charge in [0.15, 0.2) is 0 Å². The Balaban J connectivity index is 1.45. The zero-order chi connectivity index (χ0) is 58.2. The quantitative estimate of drug-likeness (QED) is 0.164. The molecule has 1 spiro atoms. The molecule has 0 bridgehead atoms. The van der Waals surface area contributed by atoms with Gasteiger partial charge >= 0.3 is 0 Å². The van der Waals surface area contributed by atoms with E-state index < -0.39 is 286 Å². The van der Waals surface area contributed by atoms with Crippen LogP contribution in [0, 0.1) is 0 Å². The van der Waals surface area contributed by atoms with Gasteiger partial charge < -0.3 is 0 Å². The van der Waals surface area contributed by atoms with Gasteiger partial charge in [-0.3, -0.25) is 0 Å². The molecule has 11 rings (SSSR count). The predicted molar refractivity (Wildman–Crippen MR) is 206 cm³/mol. The molecule has 49 heavy (non-hydrogen) atoms. The average molecular weight is 649 g/mol. The van der Waals surface area contributed by atoms with E-state index in [1.807, 2.05) is 0 Å². The van der Waals surface area contributed by atoms with Gasteiger partial charge in [0, 0.05) is 0 Å². The summed E-state index contributed by atoms with van der Waals surface area (Å²) in [4.78, 5) is 0. The highest BCUT2D eigenvalue weighted by molar-refractivity contribution is 6.25. The molecule has 0 fully saturated rings. The van der Waals surface area contributed by atoms with Gasteiger partial charge in [-0.25, -0.2) is 0 Å². The van der Waals surface area contributed by atoms with Gasteiger partial charge in [0.25, 0.3) is 0 Å². The van der Waals surface area contributed by atoms with Crippen molar-refractivity contribution in [3.8, 4) is 44.5 Å². The Morgan fingerprint density at radius 2 is 0.714 bits per heavy atom. The summed E-state index contributed by atoms with van der Waals surface area (Å²) in [5.41, 5.74) is -12.1. The molecule has 0 saturated heterocycles. The zero-order valence-electron chi connectivity index (χ0n) is 54.5. The molecule has 226 valence electrons. The second kappa shape index (κ2) is 9.89. The topological polar surface area (TPSA) is 0 Å². The maximum absolute atomic E-state index is 10.4. The molecule has 0 saturated carbocycles. The van der Waals surface area contributed by atoms with E-state index in [2.05, 4.69) is 0 Å². The van der Waals surface area contributed by atoms with Crippen molar-refractivity contribution in [2.45, 2.75) is 5.41 Å². The molecular weight excluding hydrogens is 589 g/mol. The lowest BCUT2D eigenvalue weighted by Crippen LogP contribution is -2.25. The fourth-order valence-corrected chi connectivity index (χ4v) is 6.97. The van der Waals surface area contributed by atoms with Crippen LogP contribution in [-0.2, 0) is 5.41 Å². The molecule has 0 heteroatoms. The number of fused-ring (bicyclic) bond motifs is 16. The van der Waals surface area contributed by atoms with Gasteiger partial charge in [-0.05, 0) is 117 Å². The molecule has 9 aromatic carbocycles. The van der Waals surface area contributed by atoms with Crippen molar-refractivity contribution in [3.63, 3.8) is 0 Å². The van der Waals surface area contributed by atoms with Crippen LogP contribution in [0.15, 0.2) is 181 Å². The van der Waals surface area contributed by atoms with Crippen LogP contribution in [0.25, 0.3) is 76.8 Å². The third-order valence-electron chi connectivity index (χ3n) is 8.94. The lowest BCUT2D eigenvalue weighted by atomic mass is 9.70. The van der Waals surface area contributed by atoms with Gasteiger partial charge in [-0.1, -0.05) is 163 Å². The highest BCUT2D eigenvalue weighted by atomic mass is 14.5. The Labute approximate surface area is 327 Å². The summed E-state index contributed by atoms with van der Waals surface area (Å²) in [6.45, 7) is 0. The van der Waals surface area contributed by atoms with Crippen molar-refractivity contribution in [1.82, 2.24) is 0 Å². The molecule has 0 atom stereocenters. The zero-order valence-corrected chi connectivity index (χ0v) is 24.5. The van der Waals surface area contributed by atoms with E-state index in [1.54, 1.807) is 0 Å². The van der Waals surface area contributed by atoms with Crippen LogP contribution in [0.5, 0.6) is 0 Å². The van der Waals surface area contributed by atoms with Crippen LogP contribution in [0.3, 0.4) is 0 Å². The fraction of sp³-hybridized carbons (Fsp3) is 0.0204. The first-order chi connectivity index (χ1) is 36.8. The van der Waals surface area contributed by atoms with Gasteiger partial charge in [0.2, 0.25) is 0 Å². The van der Waals surface area contributed by atoms with Crippen LogP contribution in [0.2, 0.25) is 0 Å². The van der Waals surface area contributed by atoms with Gasteiger partial charge in [0.05, 0.1) is 46.5 Å². The second-order valence-corrected chi connectivity index (χ2v) is 11.2. The van der Waals surface area contributed by atoms with Crippen LogP contribution in [-0.4, -0.2) is 0 Å². The number of rotatable bonds is 2.